The largest absolute Gasteiger partial charge is 2.00 e. The zero-order chi connectivity index (χ0) is 10.2. The quantitative estimate of drug-likeness (QED) is 0.573. The maximum absolute atomic E-state index is 4.81. The molecule has 0 nitrogen and oxygen atoms in total. The van der Waals surface area contributed by atoms with E-state index < -0.39 is 0 Å². The van der Waals surface area contributed by atoms with Crippen LogP contribution in [0.1, 0.15) is 0 Å². The van der Waals surface area contributed by atoms with Crippen molar-refractivity contribution in [2.75, 3.05) is 0 Å². The van der Waals surface area contributed by atoms with Crippen molar-refractivity contribution in [1.29, 1.82) is 0 Å². The summed E-state index contributed by atoms with van der Waals surface area (Å²) in [4.78, 5) is 1.81. The minimum absolute atomic E-state index is 0. The van der Waals surface area contributed by atoms with Crippen molar-refractivity contribution in [3.63, 3.8) is 0 Å². The molecule has 0 saturated carbocycles. The third kappa shape index (κ3) is 8.19. The van der Waals surface area contributed by atoms with Crippen LogP contribution < -0.4 is 0 Å². The van der Waals surface area contributed by atoms with Crippen LogP contribution in [0, 0.1) is 45.0 Å². The molecule has 0 amide bonds. The van der Waals surface area contributed by atoms with Crippen LogP contribution in [0.4, 0.5) is 0 Å². The molecule has 15 heavy (non-hydrogen) atoms. The Bertz CT molecular complexity index is 311. The van der Waals surface area contributed by atoms with Crippen LogP contribution in [0.3, 0.4) is 0 Å². The topological polar surface area (TPSA) is 0 Å². The monoisotopic (exact) mass is 444 g/mol. The summed E-state index contributed by atoms with van der Waals surface area (Å²) in [6.45, 7) is 0. The van der Waals surface area contributed by atoms with Gasteiger partial charge in [-0.25, -0.2) is 0 Å². The van der Waals surface area contributed by atoms with Crippen LogP contribution in [0.5, 0.6) is 0 Å². The van der Waals surface area contributed by atoms with Crippen molar-refractivity contribution in [2.24, 2.45) is 0 Å². The molecule has 0 radical (unpaired) electrons. The predicted molar refractivity (Wildman–Crippen MR) is 64.1 cm³/mol. The van der Waals surface area contributed by atoms with Gasteiger partial charge in [-0.1, -0.05) is 60.7 Å². The van der Waals surface area contributed by atoms with Crippen molar-refractivity contribution < 1.29 is 45.0 Å². The van der Waals surface area contributed by atoms with Gasteiger partial charge in [-0.3, -0.25) is 0 Å². The second-order valence-electron chi connectivity index (χ2n) is 2.63. The molecule has 0 heterocycles. The Morgan fingerprint density at radius 2 is 0.800 bits per heavy atom. The first-order chi connectivity index (χ1) is 6.79. The maximum Gasteiger partial charge on any atom is 2.00 e. The Hall–Kier alpha value is 0.348. The van der Waals surface area contributed by atoms with Crippen molar-refractivity contribution in [1.82, 2.24) is 0 Å². The van der Waals surface area contributed by atoms with E-state index in [4.69, 9.17) is 25.3 Å². The maximum atomic E-state index is 4.81. The zero-order valence-corrected chi connectivity index (χ0v) is 15.7. The first kappa shape index (κ1) is 15.3. The van der Waals surface area contributed by atoms with Gasteiger partial charge in [-0.15, -0.1) is 0 Å². The molecule has 0 fully saturated rings. The standard InChI is InChI=1S/2C6H6S.Ra/c2*7-6-4-2-1-3-5-6;/h2*1-5,7H;/q;;+2/p-2. The third-order valence-corrected chi connectivity index (χ3v) is 2.03. The van der Waals surface area contributed by atoms with E-state index in [1.54, 1.807) is 0 Å². The number of hydrogen-bond acceptors (Lipinski definition) is 2. The van der Waals surface area contributed by atoms with Gasteiger partial charge in [0.25, 0.3) is 0 Å². The van der Waals surface area contributed by atoms with E-state index in [1.807, 2.05) is 60.7 Å². The summed E-state index contributed by atoms with van der Waals surface area (Å²) in [6.07, 6.45) is 0. The molecule has 72 valence electrons. The van der Waals surface area contributed by atoms with Crippen molar-refractivity contribution in [3.8, 4) is 0 Å². The average Bonchev–Trinajstić information content (AvgIpc) is 2.21. The number of hydrogen-bond donors (Lipinski definition) is 0. The van der Waals surface area contributed by atoms with Crippen LogP contribution >= 0.6 is 0 Å². The molecule has 0 spiro atoms. The predicted octanol–water partition coefficient (Wildman–Crippen LogP) is 3.18. The van der Waals surface area contributed by atoms with Gasteiger partial charge in [-0.05, 0) is 0 Å². The molecule has 2 rings (SSSR count). The summed E-state index contributed by atoms with van der Waals surface area (Å²) in [7, 11) is 0. The third-order valence-electron chi connectivity index (χ3n) is 1.49. The second-order valence-corrected chi connectivity index (χ2v) is 3.57. The van der Waals surface area contributed by atoms with Gasteiger partial charge in [-0.2, -0.15) is 9.79 Å². The van der Waals surface area contributed by atoms with Gasteiger partial charge in [0.05, 0.1) is 0 Å². The van der Waals surface area contributed by atoms with E-state index in [0.29, 0.717) is 0 Å². The van der Waals surface area contributed by atoms with Gasteiger partial charge in [0.1, 0.15) is 0 Å². The molecule has 0 atom stereocenters. The summed E-state index contributed by atoms with van der Waals surface area (Å²) >= 11 is 9.62. The molecule has 2 aromatic carbocycles. The van der Waals surface area contributed by atoms with Crippen LogP contribution in [-0.4, -0.2) is 0 Å². The molecular formula is C12H10RaS2. The molecule has 2 aromatic rings. The Morgan fingerprint density at radius 3 is 0.933 bits per heavy atom. The van der Waals surface area contributed by atoms with Crippen molar-refractivity contribution in [3.05, 3.63) is 60.7 Å². The Morgan fingerprint density at radius 1 is 0.533 bits per heavy atom. The van der Waals surface area contributed by atoms with Crippen molar-refractivity contribution in [2.45, 2.75) is 9.79 Å². The molecule has 3 heteroatoms. The van der Waals surface area contributed by atoms with Gasteiger partial charge >= 0.3 is 45.0 Å². The summed E-state index contributed by atoms with van der Waals surface area (Å²) in [5.74, 6) is 0. The van der Waals surface area contributed by atoms with E-state index in [-0.39, 0.29) is 45.0 Å². The summed E-state index contributed by atoms with van der Waals surface area (Å²) in [6, 6.07) is 19.2. The molecule has 0 N–H and O–H groups in total. The first-order valence-electron chi connectivity index (χ1n) is 4.23. The summed E-state index contributed by atoms with van der Waals surface area (Å²) in [5, 5.41) is 0. The molecule has 0 bridgehead atoms. The van der Waals surface area contributed by atoms with E-state index in [2.05, 4.69) is 0 Å². The smallest absolute Gasteiger partial charge is 0.780 e. The van der Waals surface area contributed by atoms with Gasteiger partial charge in [0.15, 0.2) is 0 Å². The van der Waals surface area contributed by atoms with E-state index in [9.17, 15) is 0 Å². The summed E-state index contributed by atoms with van der Waals surface area (Å²) in [5.41, 5.74) is 0. The molecule has 0 aliphatic carbocycles. The number of benzene rings is 2. The number of rotatable bonds is 0. The van der Waals surface area contributed by atoms with Crippen molar-refractivity contribution >= 4 is 25.3 Å². The van der Waals surface area contributed by atoms with Crippen LogP contribution in [0.25, 0.3) is 0 Å². The Balaban J connectivity index is 0.000000245. The Kier molecular flexibility index (Phi) is 9.79. The van der Waals surface area contributed by atoms with Crippen LogP contribution in [0.15, 0.2) is 70.5 Å². The fourth-order valence-corrected chi connectivity index (χ4v) is 1.16. The molecular weight excluding hydrogens is 434 g/mol. The molecule has 0 aliphatic rings. The van der Waals surface area contributed by atoms with Gasteiger partial charge in [0, 0.05) is 0 Å². The molecule has 0 aromatic heterocycles. The molecule has 0 saturated heterocycles. The minimum atomic E-state index is 0. The molecule has 0 unspecified atom stereocenters. The second kappa shape index (κ2) is 9.56. The first-order valence-corrected chi connectivity index (χ1v) is 5.05. The van der Waals surface area contributed by atoms with E-state index in [0.717, 1.165) is 9.79 Å². The normalized spacial score (nSPS) is 8.00. The van der Waals surface area contributed by atoms with Crippen LogP contribution in [-0.2, 0) is 25.3 Å². The van der Waals surface area contributed by atoms with E-state index >= 15 is 0 Å². The SMILES string of the molecule is [Ra+2].[S-]c1ccccc1.[S-]c1ccccc1. The Labute approximate surface area is 139 Å². The summed E-state index contributed by atoms with van der Waals surface area (Å²) < 4.78 is 0. The fraction of sp³-hybridized carbons (Fsp3) is 0. The average molecular weight is 444 g/mol. The fourth-order valence-electron chi connectivity index (χ4n) is 0.841. The van der Waals surface area contributed by atoms with E-state index in [1.165, 1.54) is 0 Å². The zero-order valence-electron chi connectivity index (χ0n) is 8.30. The minimum Gasteiger partial charge on any atom is -0.780 e. The van der Waals surface area contributed by atoms with Crippen LogP contribution in [0.2, 0.25) is 0 Å². The van der Waals surface area contributed by atoms with Gasteiger partial charge < -0.3 is 25.3 Å². The molecule has 0 aliphatic heterocycles. The van der Waals surface area contributed by atoms with Gasteiger partial charge in [0.2, 0.25) is 0 Å².